The first-order chi connectivity index (χ1) is 14.2. The number of methoxy groups -OCH3 is 1. The van der Waals surface area contributed by atoms with Gasteiger partial charge in [-0.25, -0.2) is 8.42 Å². The van der Waals surface area contributed by atoms with Gasteiger partial charge in [0.15, 0.2) is 6.61 Å². The van der Waals surface area contributed by atoms with E-state index in [9.17, 15) is 18.0 Å². The molecule has 0 fully saturated rings. The van der Waals surface area contributed by atoms with Crippen molar-refractivity contribution in [3.8, 4) is 11.8 Å². The van der Waals surface area contributed by atoms with Crippen molar-refractivity contribution in [2.45, 2.75) is 24.8 Å². The molecular weight excluding hydrogens is 430 g/mol. The number of hydrogen-bond acceptors (Lipinski definition) is 8. The SMILES string of the molecule is COc1ccc(S(=O)(=O)N[C@H](C(=O)OCC(=O)Nc2sccc2C#N)C(C)C)cc1. The van der Waals surface area contributed by atoms with Gasteiger partial charge in [-0.3, -0.25) is 9.59 Å². The summed E-state index contributed by atoms with van der Waals surface area (Å²) in [5.41, 5.74) is 0.298. The van der Waals surface area contributed by atoms with E-state index in [4.69, 9.17) is 14.7 Å². The van der Waals surface area contributed by atoms with Crippen LogP contribution < -0.4 is 14.8 Å². The molecule has 2 N–H and O–H groups in total. The van der Waals surface area contributed by atoms with Crippen molar-refractivity contribution in [3.05, 3.63) is 41.3 Å². The predicted molar refractivity (Wildman–Crippen MR) is 111 cm³/mol. The minimum absolute atomic E-state index is 0.0405. The van der Waals surface area contributed by atoms with E-state index in [-0.39, 0.29) is 4.90 Å². The van der Waals surface area contributed by atoms with Crippen molar-refractivity contribution in [1.29, 1.82) is 5.26 Å². The van der Waals surface area contributed by atoms with Crippen LogP contribution in [-0.4, -0.2) is 40.1 Å². The Labute approximate surface area is 178 Å². The van der Waals surface area contributed by atoms with E-state index in [1.54, 1.807) is 25.3 Å². The van der Waals surface area contributed by atoms with E-state index in [1.807, 2.05) is 6.07 Å². The summed E-state index contributed by atoms with van der Waals surface area (Å²) in [4.78, 5) is 24.4. The number of carbonyl (C=O) groups is 2. The maximum absolute atomic E-state index is 12.6. The van der Waals surface area contributed by atoms with Crippen LogP contribution in [0.5, 0.6) is 5.75 Å². The van der Waals surface area contributed by atoms with E-state index in [0.717, 1.165) is 11.3 Å². The number of rotatable bonds is 9. The number of carbonyl (C=O) groups excluding carboxylic acids is 2. The minimum Gasteiger partial charge on any atom is -0.497 e. The predicted octanol–water partition coefficient (Wildman–Crippen LogP) is 2.11. The van der Waals surface area contributed by atoms with Crippen LogP contribution in [-0.2, 0) is 24.3 Å². The Morgan fingerprint density at radius 3 is 2.43 bits per heavy atom. The molecule has 1 heterocycles. The lowest BCUT2D eigenvalue weighted by Gasteiger charge is -2.20. The Kier molecular flexibility index (Phi) is 7.93. The van der Waals surface area contributed by atoms with Crippen LogP contribution in [0.4, 0.5) is 5.00 Å². The normalized spacial score (nSPS) is 12.1. The van der Waals surface area contributed by atoms with Crippen LogP contribution in [0.2, 0.25) is 0 Å². The van der Waals surface area contributed by atoms with Crippen LogP contribution in [0.15, 0.2) is 40.6 Å². The van der Waals surface area contributed by atoms with Crippen LogP contribution in [0.3, 0.4) is 0 Å². The topological polar surface area (TPSA) is 135 Å². The summed E-state index contributed by atoms with van der Waals surface area (Å²) in [5.74, 6) is -1.46. The molecule has 0 spiro atoms. The highest BCUT2D eigenvalue weighted by atomic mass is 32.2. The molecule has 30 heavy (non-hydrogen) atoms. The van der Waals surface area contributed by atoms with Gasteiger partial charge in [0.25, 0.3) is 5.91 Å². The van der Waals surface area contributed by atoms with Gasteiger partial charge in [0.1, 0.15) is 22.9 Å². The molecule has 0 radical (unpaired) electrons. The molecule has 160 valence electrons. The molecule has 11 heteroatoms. The molecule has 0 unspecified atom stereocenters. The minimum atomic E-state index is -4.00. The fourth-order valence-corrected chi connectivity index (χ4v) is 4.42. The Bertz CT molecular complexity index is 1040. The maximum Gasteiger partial charge on any atom is 0.324 e. The monoisotopic (exact) mass is 451 g/mol. The maximum atomic E-state index is 12.6. The summed E-state index contributed by atoms with van der Waals surface area (Å²) < 4.78 is 37.5. The first kappa shape index (κ1) is 23.3. The third kappa shape index (κ3) is 6.03. The molecule has 2 rings (SSSR count). The van der Waals surface area contributed by atoms with Gasteiger partial charge >= 0.3 is 5.97 Å². The molecule has 0 bridgehead atoms. The number of ether oxygens (including phenoxy) is 2. The van der Waals surface area contributed by atoms with Crippen LogP contribution >= 0.6 is 11.3 Å². The van der Waals surface area contributed by atoms with Crippen molar-refractivity contribution in [2.24, 2.45) is 5.92 Å². The largest absolute Gasteiger partial charge is 0.497 e. The molecule has 1 atom stereocenters. The number of anilines is 1. The number of nitrogens with zero attached hydrogens (tertiary/aromatic N) is 1. The zero-order valence-electron chi connectivity index (χ0n) is 16.5. The molecule has 1 aromatic carbocycles. The molecule has 0 aliphatic rings. The molecule has 2 aromatic rings. The molecule has 0 aliphatic carbocycles. The van der Waals surface area contributed by atoms with E-state index in [2.05, 4.69) is 10.0 Å². The lowest BCUT2D eigenvalue weighted by Crippen LogP contribution is -2.45. The van der Waals surface area contributed by atoms with Crippen LogP contribution in [0.25, 0.3) is 0 Å². The first-order valence-corrected chi connectivity index (χ1v) is 11.1. The lowest BCUT2D eigenvalue weighted by molar-refractivity contribution is -0.150. The quantitative estimate of drug-likeness (QED) is 0.558. The van der Waals surface area contributed by atoms with Crippen molar-refractivity contribution >= 4 is 38.2 Å². The first-order valence-electron chi connectivity index (χ1n) is 8.78. The summed E-state index contributed by atoms with van der Waals surface area (Å²) in [6.07, 6.45) is 0. The standard InChI is InChI=1S/C19H21N3O6S2/c1-12(2)17(22-30(25,26)15-6-4-14(27-3)5-7-15)19(24)28-11-16(23)21-18-13(10-20)8-9-29-18/h4-9,12,17,22H,11H2,1-3H3,(H,21,23)/t17-/m0/s1. The summed E-state index contributed by atoms with van der Waals surface area (Å²) in [6, 6.07) is 7.97. The lowest BCUT2D eigenvalue weighted by atomic mass is 10.1. The van der Waals surface area contributed by atoms with E-state index >= 15 is 0 Å². The molecule has 1 amide bonds. The second-order valence-electron chi connectivity index (χ2n) is 6.45. The highest BCUT2D eigenvalue weighted by molar-refractivity contribution is 7.89. The van der Waals surface area contributed by atoms with Gasteiger partial charge < -0.3 is 14.8 Å². The summed E-state index contributed by atoms with van der Waals surface area (Å²) in [5, 5.41) is 13.4. The molecule has 1 aromatic heterocycles. The Balaban J connectivity index is 2.01. The second-order valence-corrected chi connectivity index (χ2v) is 9.08. The van der Waals surface area contributed by atoms with Gasteiger partial charge in [-0.05, 0) is 41.6 Å². The van der Waals surface area contributed by atoms with E-state index in [1.165, 1.54) is 31.4 Å². The number of hydrogen-bond donors (Lipinski definition) is 2. The molecule has 0 saturated carbocycles. The Morgan fingerprint density at radius 1 is 1.20 bits per heavy atom. The fourth-order valence-electron chi connectivity index (χ4n) is 2.33. The number of amides is 1. The van der Waals surface area contributed by atoms with Gasteiger partial charge in [-0.1, -0.05) is 13.8 Å². The average molecular weight is 452 g/mol. The van der Waals surface area contributed by atoms with E-state index in [0.29, 0.717) is 16.3 Å². The van der Waals surface area contributed by atoms with Crippen LogP contribution in [0.1, 0.15) is 19.4 Å². The fraction of sp³-hybridized carbons (Fsp3) is 0.316. The zero-order chi connectivity index (χ0) is 22.3. The molecular formula is C19H21N3O6S2. The Morgan fingerprint density at radius 2 is 1.87 bits per heavy atom. The number of sulfonamides is 1. The molecule has 0 aliphatic heterocycles. The number of esters is 1. The van der Waals surface area contributed by atoms with E-state index < -0.39 is 40.5 Å². The third-order valence-electron chi connectivity index (χ3n) is 3.96. The zero-order valence-corrected chi connectivity index (χ0v) is 18.2. The van der Waals surface area contributed by atoms with Crippen molar-refractivity contribution in [1.82, 2.24) is 4.72 Å². The summed E-state index contributed by atoms with van der Waals surface area (Å²) in [7, 11) is -2.54. The van der Waals surface area contributed by atoms with Gasteiger partial charge in [-0.2, -0.15) is 9.98 Å². The van der Waals surface area contributed by atoms with Crippen molar-refractivity contribution in [2.75, 3.05) is 19.0 Å². The molecule has 0 saturated heterocycles. The van der Waals surface area contributed by atoms with Gasteiger partial charge in [0.2, 0.25) is 10.0 Å². The highest BCUT2D eigenvalue weighted by Gasteiger charge is 2.30. The smallest absolute Gasteiger partial charge is 0.324 e. The third-order valence-corrected chi connectivity index (χ3v) is 6.24. The van der Waals surface area contributed by atoms with Gasteiger partial charge in [0, 0.05) is 0 Å². The highest BCUT2D eigenvalue weighted by Crippen LogP contribution is 2.22. The van der Waals surface area contributed by atoms with Gasteiger partial charge in [-0.15, -0.1) is 11.3 Å². The number of nitriles is 1. The van der Waals surface area contributed by atoms with Crippen molar-refractivity contribution < 1.29 is 27.5 Å². The van der Waals surface area contributed by atoms with Crippen molar-refractivity contribution in [3.63, 3.8) is 0 Å². The number of thiophene rings is 1. The van der Waals surface area contributed by atoms with Gasteiger partial charge in [0.05, 0.1) is 17.6 Å². The second kappa shape index (κ2) is 10.2. The number of nitrogens with one attached hydrogen (secondary N) is 2. The van der Waals surface area contributed by atoms with Crippen LogP contribution in [0, 0.1) is 17.2 Å². The Hall–Kier alpha value is -2.94. The number of benzene rings is 1. The molecule has 9 nitrogen and oxygen atoms in total. The summed E-state index contributed by atoms with van der Waals surface area (Å²) >= 11 is 1.16. The average Bonchev–Trinajstić information content (AvgIpc) is 3.17. The summed E-state index contributed by atoms with van der Waals surface area (Å²) in [6.45, 7) is 2.68.